The Labute approximate surface area is 626 Å². The first kappa shape index (κ1) is 66.0. The minimum atomic E-state index is -0.723. The number of nitrogens with zero attached hydrogens (tertiary/aromatic N) is 2. The molecule has 0 saturated carbocycles. The van der Waals surface area contributed by atoms with Crippen molar-refractivity contribution in [2.45, 2.75) is 84.0 Å². The summed E-state index contributed by atoms with van der Waals surface area (Å²) in [6, 6.07) is 134. The molecule has 0 aromatic heterocycles. The lowest BCUT2D eigenvalue weighted by Crippen LogP contribution is -2.61. The molecule has 0 amide bonds. The van der Waals surface area contributed by atoms with Crippen molar-refractivity contribution in [2.24, 2.45) is 0 Å². The maximum absolute atomic E-state index is 2.76. The van der Waals surface area contributed by atoms with Crippen LogP contribution in [0.1, 0.15) is 101 Å². The number of fused-ring (bicyclic) bond motifs is 7. The van der Waals surface area contributed by atoms with E-state index in [1.54, 1.807) is 0 Å². The number of anilines is 6. The van der Waals surface area contributed by atoms with E-state index < -0.39 is 5.41 Å². The van der Waals surface area contributed by atoms with Gasteiger partial charge < -0.3 is 9.80 Å². The van der Waals surface area contributed by atoms with E-state index in [-0.39, 0.29) is 23.0 Å². The predicted molar refractivity (Wildman–Crippen MR) is 452 cm³/mol. The van der Waals surface area contributed by atoms with Crippen molar-refractivity contribution in [3.8, 4) is 89.0 Å². The van der Waals surface area contributed by atoms with Crippen molar-refractivity contribution in [2.75, 3.05) is 9.80 Å². The second kappa shape index (κ2) is 25.7. The van der Waals surface area contributed by atoms with Crippen molar-refractivity contribution in [3.05, 3.63) is 391 Å². The predicted octanol–water partition coefficient (Wildman–Crippen LogP) is 25.7. The Balaban J connectivity index is 1.06. The third-order valence-corrected chi connectivity index (χ3v) is 22.8. The van der Waals surface area contributed by atoms with Crippen LogP contribution in [-0.4, -0.2) is 6.71 Å². The van der Waals surface area contributed by atoms with Crippen LogP contribution in [0.2, 0.25) is 0 Å². The fraction of sp³-hybridized carbons (Fsp3) is 0.126. The molecular weight excluding hydrogens is 1280 g/mol. The first-order valence-electron chi connectivity index (χ1n) is 37.7. The van der Waals surface area contributed by atoms with Crippen molar-refractivity contribution in [1.82, 2.24) is 0 Å². The molecule has 0 radical (unpaired) electrons. The topological polar surface area (TPSA) is 6.48 Å². The number of benzene rings is 15. The Morgan fingerprint density at radius 3 is 1.13 bits per heavy atom. The van der Waals surface area contributed by atoms with Crippen LogP contribution < -0.4 is 26.2 Å². The molecule has 1 aliphatic carbocycles. The molecule has 0 atom stereocenters. The van der Waals surface area contributed by atoms with E-state index in [0.29, 0.717) is 0 Å². The summed E-state index contributed by atoms with van der Waals surface area (Å²) in [5.74, 6) is 0. The second-order valence-corrected chi connectivity index (χ2v) is 32.3. The van der Waals surface area contributed by atoms with Gasteiger partial charge in [0.15, 0.2) is 0 Å². The van der Waals surface area contributed by atoms with E-state index in [1.807, 2.05) is 0 Å². The van der Waals surface area contributed by atoms with Crippen LogP contribution in [-0.2, 0) is 21.7 Å². The molecule has 15 aromatic carbocycles. The Morgan fingerprint density at radius 1 is 0.236 bits per heavy atom. The summed E-state index contributed by atoms with van der Waals surface area (Å²) in [6.07, 6.45) is 0. The van der Waals surface area contributed by atoms with Crippen LogP contribution in [0.4, 0.5) is 34.1 Å². The minimum absolute atomic E-state index is 0.114. The molecule has 0 fully saturated rings. The molecule has 0 unspecified atom stereocenters. The molecule has 3 heteroatoms. The highest BCUT2D eigenvalue weighted by Gasteiger charge is 2.50. The average Bonchev–Trinajstić information content (AvgIpc) is 0.971. The summed E-state index contributed by atoms with van der Waals surface area (Å²) in [5.41, 5.74) is 36.9. The first-order chi connectivity index (χ1) is 51.5. The number of rotatable bonds is 11. The Morgan fingerprint density at radius 2 is 0.632 bits per heavy atom. The molecule has 2 heterocycles. The van der Waals surface area contributed by atoms with Crippen molar-refractivity contribution in [3.63, 3.8) is 0 Å². The summed E-state index contributed by atoms with van der Waals surface area (Å²) in [6.45, 7) is 21.0. The summed E-state index contributed by atoms with van der Waals surface area (Å²) in [4.78, 5) is 5.47. The van der Waals surface area contributed by atoms with E-state index in [1.165, 1.54) is 83.1 Å². The molecule has 15 aromatic rings. The van der Waals surface area contributed by atoms with Crippen LogP contribution in [0.25, 0.3) is 89.0 Å². The summed E-state index contributed by atoms with van der Waals surface area (Å²) >= 11 is 0. The fourth-order valence-electron chi connectivity index (χ4n) is 17.5. The van der Waals surface area contributed by atoms with Gasteiger partial charge in [-0.15, -0.1) is 0 Å². The standard InChI is InChI=1S/C103H85BN2/c1-100(2,3)79-56-58-92-91(67-79)104-90-57-55-73(74-59-80(101(4,5)6)66-81(60-74)102(7,8)9)63-93(90)106(99-87(71-41-23-13-24-42-71)61-75(68-35-17-10-18-36-68)62-88(99)72-43-25-14-26-44-72)95-65-76(64-94(97(95)104)105(92)98-83(69-37-19-11-20-38-69)51-34-52-84(98)70-39-21-12-22-40-70)82-50-33-53-86-85-49-31-32-54-89(85)103(96(82)86,77-45-27-15-28-46-77)78-47-29-16-30-48-78/h10-67H,1-9H3. The molecule has 0 spiro atoms. The SMILES string of the molecule is CC(C)(C)c1cc(-c2ccc3c(c2)N(c2c(-c4ccccc4)cc(-c4ccccc4)cc2-c2ccccc2)c2cc(-c4cccc5c4C(c4ccccc4)(c4ccccc4)c4ccccc4-5)cc4c2B3c2cc(C(C)(C)C)ccc2N4c2c(-c3ccccc3)cccc2-c2ccccc2)cc(C(C)(C)C)c1. The molecule has 0 bridgehead atoms. The monoisotopic (exact) mass is 1360 g/mol. The molecule has 3 aliphatic rings. The molecule has 0 N–H and O–H groups in total. The summed E-state index contributed by atoms with van der Waals surface area (Å²) in [5, 5.41) is 0. The molecular formula is C103H85BN2. The zero-order valence-corrected chi connectivity index (χ0v) is 62.0. The third kappa shape index (κ3) is 11.0. The van der Waals surface area contributed by atoms with Crippen molar-refractivity contribution >= 4 is 57.2 Å². The van der Waals surface area contributed by atoms with Gasteiger partial charge in [-0.1, -0.05) is 378 Å². The molecule has 2 nitrogen and oxygen atoms in total. The van der Waals surface area contributed by atoms with Gasteiger partial charge in [-0.05, 0) is 175 Å². The van der Waals surface area contributed by atoms with Crippen LogP contribution >= 0.6 is 0 Å². The van der Waals surface area contributed by atoms with Crippen molar-refractivity contribution in [1.29, 1.82) is 0 Å². The molecule has 18 rings (SSSR count). The minimum Gasteiger partial charge on any atom is -0.310 e. The highest BCUT2D eigenvalue weighted by atomic mass is 15.2. The van der Waals surface area contributed by atoms with Gasteiger partial charge in [-0.25, -0.2) is 0 Å². The van der Waals surface area contributed by atoms with Gasteiger partial charge in [0.05, 0.1) is 16.8 Å². The van der Waals surface area contributed by atoms with Gasteiger partial charge in [0.2, 0.25) is 0 Å². The van der Waals surface area contributed by atoms with Gasteiger partial charge in [0.1, 0.15) is 0 Å². The van der Waals surface area contributed by atoms with E-state index >= 15 is 0 Å². The van der Waals surface area contributed by atoms with Gasteiger partial charge in [0.25, 0.3) is 6.71 Å². The Bertz CT molecular complexity index is 5680. The van der Waals surface area contributed by atoms with Crippen LogP contribution in [0.5, 0.6) is 0 Å². The van der Waals surface area contributed by atoms with E-state index in [4.69, 9.17) is 0 Å². The van der Waals surface area contributed by atoms with Gasteiger partial charge >= 0.3 is 0 Å². The van der Waals surface area contributed by atoms with E-state index in [0.717, 1.165) is 95.3 Å². The van der Waals surface area contributed by atoms with Gasteiger partial charge in [-0.2, -0.15) is 0 Å². The smallest absolute Gasteiger partial charge is 0.252 e. The maximum Gasteiger partial charge on any atom is 0.252 e. The van der Waals surface area contributed by atoms with Gasteiger partial charge in [-0.3, -0.25) is 0 Å². The van der Waals surface area contributed by atoms with Crippen LogP contribution in [0.15, 0.2) is 352 Å². The lowest BCUT2D eigenvalue weighted by molar-refractivity contribution is 0.569. The largest absolute Gasteiger partial charge is 0.310 e. The summed E-state index contributed by atoms with van der Waals surface area (Å²) < 4.78 is 0. The van der Waals surface area contributed by atoms with E-state index in [2.05, 4.69) is 424 Å². The second-order valence-electron chi connectivity index (χ2n) is 32.3. The van der Waals surface area contributed by atoms with Gasteiger partial charge in [0, 0.05) is 45.0 Å². The van der Waals surface area contributed by atoms with Crippen LogP contribution in [0, 0.1) is 0 Å². The molecule has 510 valence electrons. The fourth-order valence-corrected chi connectivity index (χ4v) is 17.5. The lowest BCUT2D eigenvalue weighted by Gasteiger charge is -2.46. The van der Waals surface area contributed by atoms with Crippen LogP contribution in [0.3, 0.4) is 0 Å². The van der Waals surface area contributed by atoms with Crippen molar-refractivity contribution < 1.29 is 0 Å². The van der Waals surface area contributed by atoms with E-state index in [9.17, 15) is 0 Å². The highest BCUT2D eigenvalue weighted by molar-refractivity contribution is 7.00. The lowest BCUT2D eigenvalue weighted by atomic mass is 9.33. The number of hydrogen-bond acceptors (Lipinski definition) is 2. The Kier molecular flexibility index (Phi) is 16.0. The number of para-hydroxylation sites is 1. The quantitative estimate of drug-likeness (QED) is 0.119. The first-order valence-corrected chi connectivity index (χ1v) is 37.7. The highest BCUT2D eigenvalue weighted by Crippen LogP contribution is 2.61. The zero-order chi connectivity index (χ0) is 72.2. The normalized spacial score (nSPS) is 13.3. The average molecular weight is 1360 g/mol. The third-order valence-electron chi connectivity index (χ3n) is 22.8. The zero-order valence-electron chi connectivity index (χ0n) is 62.0. The molecule has 0 saturated heterocycles. The molecule has 106 heavy (non-hydrogen) atoms. The molecule has 2 aliphatic heterocycles. The Hall–Kier alpha value is -12.0. The number of hydrogen-bond donors (Lipinski definition) is 0. The summed E-state index contributed by atoms with van der Waals surface area (Å²) in [7, 11) is 0. The maximum atomic E-state index is 2.76.